The summed E-state index contributed by atoms with van der Waals surface area (Å²) >= 11 is 6.13. The normalized spacial score (nSPS) is 21.3. The first kappa shape index (κ1) is 24.2. The summed E-state index contributed by atoms with van der Waals surface area (Å²) in [5.41, 5.74) is 5.62. The lowest BCUT2D eigenvalue weighted by Gasteiger charge is -2.25. The summed E-state index contributed by atoms with van der Waals surface area (Å²) in [6.45, 7) is -0.169. The first-order valence-electron chi connectivity index (χ1n) is 9.80. The largest absolute Gasteiger partial charge is 0.435 e. The molecular formula is C20H23Cl2F2N5O3. The van der Waals surface area contributed by atoms with E-state index >= 15 is 0 Å². The van der Waals surface area contributed by atoms with Crippen molar-refractivity contribution in [2.75, 3.05) is 33.2 Å². The zero-order valence-corrected chi connectivity index (χ0v) is 18.7. The third-order valence-electron chi connectivity index (χ3n) is 5.86. The van der Waals surface area contributed by atoms with Crippen molar-refractivity contribution in [3.8, 4) is 5.75 Å². The Morgan fingerprint density at radius 3 is 2.41 bits per heavy atom. The van der Waals surface area contributed by atoms with Crippen LogP contribution in [-0.2, 0) is 4.79 Å². The number of carbonyl (C=O) groups is 2. The average molecular weight is 490 g/mol. The molecule has 1 unspecified atom stereocenters. The van der Waals surface area contributed by atoms with E-state index in [0.29, 0.717) is 24.9 Å². The van der Waals surface area contributed by atoms with E-state index in [1.54, 1.807) is 4.90 Å². The van der Waals surface area contributed by atoms with Crippen molar-refractivity contribution in [2.24, 2.45) is 17.6 Å². The lowest BCUT2D eigenvalue weighted by molar-refractivity contribution is -0.131. The van der Waals surface area contributed by atoms with Crippen LogP contribution >= 0.6 is 24.0 Å². The number of ether oxygens (including phenoxy) is 1. The van der Waals surface area contributed by atoms with Gasteiger partial charge in [-0.05, 0) is 43.1 Å². The molecule has 0 bridgehead atoms. The standard InChI is InChI=1S/C20H22ClF2N5O3.ClH/c1-26-7-11-9-27(10-12(11)8-26)18(29)17(15-4-5-28(25-15)20(24)30)14-6-13(21)2-3-16(14)31-19(22)23;/h2-6,11-12,17,19H,7-10H2,1H3,(H2,24,30);1H/t11-,12+,17?;. The first-order chi connectivity index (χ1) is 14.7. The van der Waals surface area contributed by atoms with E-state index in [-0.39, 0.29) is 40.3 Å². The minimum absolute atomic E-state index is 0. The van der Waals surface area contributed by atoms with Gasteiger partial charge in [0.15, 0.2) is 0 Å². The maximum Gasteiger partial charge on any atom is 0.387 e. The van der Waals surface area contributed by atoms with Crippen LogP contribution < -0.4 is 10.5 Å². The molecule has 0 radical (unpaired) electrons. The molecule has 174 valence electrons. The Bertz CT molecular complexity index is 991. The second-order valence-electron chi connectivity index (χ2n) is 8.00. The number of nitrogens with zero attached hydrogens (tertiary/aromatic N) is 4. The van der Waals surface area contributed by atoms with Crippen LogP contribution in [0.3, 0.4) is 0 Å². The van der Waals surface area contributed by atoms with Crippen molar-refractivity contribution in [2.45, 2.75) is 12.5 Å². The van der Waals surface area contributed by atoms with Crippen LogP contribution in [0.2, 0.25) is 5.02 Å². The number of hydrogen-bond acceptors (Lipinski definition) is 5. The van der Waals surface area contributed by atoms with Gasteiger partial charge in [0.05, 0.1) is 5.69 Å². The second kappa shape index (κ2) is 9.60. The predicted molar refractivity (Wildman–Crippen MR) is 115 cm³/mol. The van der Waals surface area contributed by atoms with E-state index in [1.807, 2.05) is 7.05 Å². The van der Waals surface area contributed by atoms with E-state index in [9.17, 15) is 18.4 Å². The number of hydrogen-bond donors (Lipinski definition) is 1. The highest BCUT2D eigenvalue weighted by atomic mass is 35.5. The molecule has 3 atom stereocenters. The molecule has 32 heavy (non-hydrogen) atoms. The van der Waals surface area contributed by atoms with Crippen LogP contribution in [0.1, 0.15) is 17.2 Å². The summed E-state index contributed by atoms with van der Waals surface area (Å²) in [4.78, 5) is 29.1. The van der Waals surface area contributed by atoms with Gasteiger partial charge < -0.3 is 20.3 Å². The summed E-state index contributed by atoms with van der Waals surface area (Å²) in [6.07, 6.45) is 1.32. The quantitative estimate of drug-likeness (QED) is 0.696. The summed E-state index contributed by atoms with van der Waals surface area (Å²) in [6, 6.07) is 4.75. The zero-order chi connectivity index (χ0) is 22.3. The smallest absolute Gasteiger partial charge is 0.387 e. The third-order valence-corrected chi connectivity index (χ3v) is 6.09. The van der Waals surface area contributed by atoms with Crippen molar-refractivity contribution in [3.05, 3.63) is 46.7 Å². The molecule has 4 rings (SSSR count). The van der Waals surface area contributed by atoms with Crippen molar-refractivity contribution >= 4 is 35.9 Å². The Labute approximate surface area is 194 Å². The first-order valence-corrected chi connectivity index (χ1v) is 10.2. The fourth-order valence-electron chi connectivity index (χ4n) is 4.57. The Morgan fingerprint density at radius 2 is 1.84 bits per heavy atom. The fraction of sp³-hybridized carbons (Fsp3) is 0.450. The number of nitrogens with two attached hydrogens (primary N) is 1. The van der Waals surface area contributed by atoms with Gasteiger partial charge in [-0.2, -0.15) is 18.6 Å². The Morgan fingerprint density at radius 1 is 1.19 bits per heavy atom. The molecule has 2 N–H and O–H groups in total. The van der Waals surface area contributed by atoms with Gasteiger partial charge >= 0.3 is 12.6 Å². The number of halogens is 4. The Hall–Kier alpha value is -2.43. The molecule has 2 fully saturated rings. The summed E-state index contributed by atoms with van der Waals surface area (Å²) in [7, 11) is 2.05. The number of carbonyl (C=O) groups excluding carboxylic acids is 2. The van der Waals surface area contributed by atoms with Gasteiger partial charge in [0.25, 0.3) is 0 Å². The number of rotatable bonds is 5. The van der Waals surface area contributed by atoms with E-state index in [4.69, 9.17) is 17.3 Å². The van der Waals surface area contributed by atoms with E-state index < -0.39 is 18.6 Å². The van der Waals surface area contributed by atoms with Crippen LogP contribution in [0.4, 0.5) is 13.6 Å². The second-order valence-corrected chi connectivity index (χ2v) is 8.44. The molecule has 2 aliphatic rings. The zero-order valence-electron chi connectivity index (χ0n) is 17.2. The van der Waals surface area contributed by atoms with Crippen molar-refractivity contribution in [3.63, 3.8) is 0 Å². The highest BCUT2D eigenvalue weighted by Gasteiger charge is 2.43. The summed E-state index contributed by atoms with van der Waals surface area (Å²) < 4.78 is 31.6. The van der Waals surface area contributed by atoms with Crippen LogP contribution in [0.15, 0.2) is 30.5 Å². The third kappa shape index (κ3) is 4.82. The van der Waals surface area contributed by atoms with Gasteiger partial charge in [0.2, 0.25) is 5.91 Å². The monoisotopic (exact) mass is 489 g/mol. The molecule has 8 nitrogen and oxygen atoms in total. The molecule has 2 aliphatic heterocycles. The minimum Gasteiger partial charge on any atom is -0.435 e. The van der Waals surface area contributed by atoms with Crippen molar-refractivity contribution in [1.82, 2.24) is 19.6 Å². The molecule has 2 amide bonds. The van der Waals surface area contributed by atoms with Crippen molar-refractivity contribution < 1.29 is 23.1 Å². The number of benzene rings is 1. The van der Waals surface area contributed by atoms with Crippen LogP contribution in [-0.4, -0.2) is 71.4 Å². The van der Waals surface area contributed by atoms with E-state index in [1.165, 1.54) is 30.5 Å². The number of primary amides is 1. The van der Waals surface area contributed by atoms with Gasteiger partial charge in [-0.3, -0.25) is 4.79 Å². The Kier molecular flexibility index (Phi) is 7.26. The topological polar surface area (TPSA) is 93.7 Å². The number of likely N-dealkylation sites (tertiary alicyclic amines) is 2. The number of alkyl halides is 2. The van der Waals surface area contributed by atoms with Crippen LogP contribution in [0, 0.1) is 11.8 Å². The molecule has 2 aromatic rings. The SMILES string of the molecule is CN1C[C@@H]2CN(C(=O)C(c3ccn(C(N)=O)n3)c3cc(Cl)ccc3OC(F)F)C[C@@H]2C1.Cl. The molecule has 1 aromatic heterocycles. The Balaban J connectivity index is 0.00000289. The summed E-state index contributed by atoms with van der Waals surface area (Å²) in [5.74, 6) is -0.855. The molecule has 0 spiro atoms. The molecule has 0 saturated carbocycles. The molecule has 3 heterocycles. The maximum atomic E-state index is 13.6. The fourth-order valence-corrected chi connectivity index (χ4v) is 4.75. The molecule has 0 aliphatic carbocycles. The number of aromatic nitrogens is 2. The predicted octanol–water partition coefficient (Wildman–Crippen LogP) is 2.64. The number of amides is 2. The molecular weight excluding hydrogens is 467 g/mol. The highest BCUT2D eigenvalue weighted by Crippen LogP contribution is 2.38. The van der Waals surface area contributed by atoms with E-state index in [2.05, 4.69) is 14.7 Å². The van der Waals surface area contributed by atoms with Gasteiger partial charge in [-0.1, -0.05) is 11.6 Å². The lowest BCUT2D eigenvalue weighted by atomic mass is 9.93. The average Bonchev–Trinajstić information content (AvgIpc) is 3.38. The lowest BCUT2D eigenvalue weighted by Crippen LogP contribution is -2.36. The van der Waals surface area contributed by atoms with Crippen LogP contribution in [0.5, 0.6) is 5.75 Å². The van der Waals surface area contributed by atoms with Gasteiger partial charge in [0, 0.05) is 43.0 Å². The van der Waals surface area contributed by atoms with Gasteiger partial charge in [-0.15, -0.1) is 12.4 Å². The maximum absolute atomic E-state index is 13.6. The molecule has 1 aromatic carbocycles. The van der Waals surface area contributed by atoms with Gasteiger partial charge in [0.1, 0.15) is 11.7 Å². The molecule has 12 heteroatoms. The van der Waals surface area contributed by atoms with Crippen molar-refractivity contribution in [1.29, 1.82) is 0 Å². The summed E-state index contributed by atoms with van der Waals surface area (Å²) in [5, 5.41) is 4.37. The number of fused-ring (bicyclic) bond motifs is 1. The minimum atomic E-state index is -3.08. The van der Waals surface area contributed by atoms with Crippen LogP contribution in [0.25, 0.3) is 0 Å². The molecule has 2 saturated heterocycles. The highest BCUT2D eigenvalue weighted by molar-refractivity contribution is 6.30. The van der Waals surface area contributed by atoms with E-state index in [0.717, 1.165) is 17.8 Å². The van der Waals surface area contributed by atoms with Gasteiger partial charge in [-0.25, -0.2) is 4.79 Å².